The molecule has 1 aromatic carbocycles. The molecule has 0 bridgehead atoms. The van der Waals surface area contributed by atoms with Crippen LogP contribution in [0.3, 0.4) is 0 Å². The van der Waals surface area contributed by atoms with E-state index in [9.17, 15) is 4.79 Å². The highest BCUT2D eigenvalue weighted by Crippen LogP contribution is 2.27. The van der Waals surface area contributed by atoms with Crippen molar-refractivity contribution >= 4 is 5.97 Å². The van der Waals surface area contributed by atoms with E-state index in [1.54, 1.807) is 4.68 Å². The fourth-order valence-electron chi connectivity index (χ4n) is 2.25. The van der Waals surface area contributed by atoms with E-state index >= 15 is 0 Å². The Labute approximate surface area is 112 Å². The first-order valence-corrected chi connectivity index (χ1v) is 6.31. The van der Waals surface area contributed by atoms with Crippen molar-refractivity contribution < 1.29 is 9.90 Å². The van der Waals surface area contributed by atoms with Crippen LogP contribution in [-0.4, -0.2) is 20.9 Å². The molecule has 19 heavy (non-hydrogen) atoms. The second-order valence-electron chi connectivity index (χ2n) is 4.83. The molecule has 0 aliphatic carbocycles. The van der Waals surface area contributed by atoms with Crippen LogP contribution >= 0.6 is 0 Å². The smallest absolute Gasteiger partial charge is 0.305 e. The van der Waals surface area contributed by atoms with Gasteiger partial charge in [0, 0.05) is 11.3 Å². The first-order valence-electron chi connectivity index (χ1n) is 6.31. The third kappa shape index (κ3) is 2.84. The second-order valence-corrected chi connectivity index (χ2v) is 4.83. The highest BCUT2D eigenvalue weighted by molar-refractivity contribution is 5.69. The molecule has 0 amide bonds. The van der Waals surface area contributed by atoms with Gasteiger partial charge in [0.25, 0.3) is 0 Å². The lowest BCUT2D eigenvalue weighted by molar-refractivity contribution is -0.137. The van der Waals surface area contributed by atoms with Crippen molar-refractivity contribution in [3.05, 3.63) is 41.2 Å². The molecule has 4 nitrogen and oxygen atoms in total. The van der Waals surface area contributed by atoms with Gasteiger partial charge in [-0.05, 0) is 31.9 Å². The van der Waals surface area contributed by atoms with E-state index in [-0.39, 0.29) is 6.42 Å². The molecular weight excluding hydrogens is 240 g/mol. The average Bonchev–Trinajstić information content (AvgIpc) is 2.68. The van der Waals surface area contributed by atoms with E-state index in [0.717, 1.165) is 16.8 Å². The molecular formula is C15H18N2O2. The van der Waals surface area contributed by atoms with E-state index < -0.39 is 5.97 Å². The number of aryl methyl sites for hydroxylation is 3. The van der Waals surface area contributed by atoms with Crippen LogP contribution in [-0.2, 0) is 11.3 Å². The van der Waals surface area contributed by atoms with Gasteiger partial charge >= 0.3 is 5.97 Å². The number of carbonyl (C=O) groups is 1. The topological polar surface area (TPSA) is 55.1 Å². The monoisotopic (exact) mass is 258 g/mol. The zero-order valence-corrected chi connectivity index (χ0v) is 11.5. The molecule has 1 aromatic heterocycles. The van der Waals surface area contributed by atoms with Crippen molar-refractivity contribution in [2.45, 2.75) is 33.7 Å². The Morgan fingerprint density at radius 1 is 1.26 bits per heavy atom. The zero-order valence-electron chi connectivity index (χ0n) is 11.5. The van der Waals surface area contributed by atoms with E-state index in [1.807, 2.05) is 13.1 Å². The van der Waals surface area contributed by atoms with Gasteiger partial charge in [-0.2, -0.15) is 5.10 Å². The summed E-state index contributed by atoms with van der Waals surface area (Å²) >= 11 is 0. The number of carboxylic acid groups (broad SMARTS) is 1. The fourth-order valence-corrected chi connectivity index (χ4v) is 2.25. The summed E-state index contributed by atoms with van der Waals surface area (Å²) in [5.74, 6) is -0.803. The van der Waals surface area contributed by atoms with E-state index in [0.29, 0.717) is 6.54 Å². The molecule has 0 saturated heterocycles. The minimum absolute atomic E-state index is 0.0921. The largest absolute Gasteiger partial charge is 0.481 e. The van der Waals surface area contributed by atoms with Gasteiger partial charge in [-0.1, -0.05) is 23.8 Å². The standard InChI is InChI=1S/C15H18N2O2/c1-10-4-5-13(11(2)8-10)14-9-16-17(12(14)3)7-6-15(18)19/h4-5,8-9H,6-7H2,1-3H3,(H,18,19). The third-order valence-corrected chi connectivity index (χ3v) is 3.31. The van der Waals surface area contributed by atoms with Crippen LogP contribution in [0, 0.1) is 20.8 Å². The molecule has 2 rings (SSSR count). The number of carboxylic acids is 1. The Hall–Kier alpha value is -2.10. The van der Waals surface area contributed by atoms with E-state index in [2.05, 4.69) is 37.1 Å². The summed E-state index contributed by atoms with van der Waals surface area (Å²) in [6.45, 7) is 6.53. The lowest BCUT2D eigenvalue weighted by atomic mass is 9.99. The fraction of sp³-hybridized carbons (Fsp3) is 0.333. The average molecular weight is 258 g/mol. The molecule has 1 heterocycles. The van der Waals surface area contributed by atoms with Crippen molar-refractivity contribution in [1.29, 1.82) is 0 Å². The Bertz CT molecular complexity index is 615. The predicted molar refractivity (Wildman–Crippen MR) is 74.1 cm³/mol. The number of rotatable bonds is 4. The summed E-state index contributed by atoms with van der Waals surface area (Å²) < 4.78 is 1.75. The number of benzene rings is 1. The Balaban J connectivity index is 2.33. The van der Waals surface area contributed by atoms with E-state index in [4.69, 9.17) is 5.11 Å². The van der Waals surface area contributed by atoms with Gasteiger partial charge in [0.2, 0.25) is 0 Å². The summed E-state index contributed by atoms with van der Waals surface area (Å²) in [7, 11) is 0. The normalized spacial score (nSPS) is 10.7. The van der Waals surface area contributed by atoms with Crippen molar-refractivity contribution in [3.63, 3.8) is 0 Å². The second kappa shape index (κ2) is 5.26. The highest BCUT2D eigenvalue weighted by atomic mass is 16.4. The van der Waals surface area contributed by atoms with Crippen LogP contribution in [0.5, 0.6) is 0 Å². The molecule has 0 fully saturated rings. The number of nitrogens with zero attached hydrogens (tertiary/aromatic N) is 2. The summed E-state index contributed by atoms with van der Waals surface area (Å²) in [6.07, 6.45) is 1.91. The van der Waals surface area contributed by atoms with Gasteiger partial charge in [0.05, 0.1) is 19.2 Å². The van der Waals surface area contributed by atoms with E-state index in [1.165, 1.54) is 11.1 Å². The van der Waals surface area contributed by atoms with Gasteiger partial charge in [-0.3, -0.25) is 9.48 Å². The molecule has 0 saturated carbocycles. The molecule has 2 aromatic rings. The Morgan fingerprint density at radius 2 is 2.00 bits per heavy atom. The summed E-state index contributed by atoms with van der Waals surface area (Å²) in [6, 6.07) is 6.32. The first kappa shape index (κ1) is 13.3. The molecule has 1 N–H and O–H groups in total. The van der Waals surface area contributed by atoms with Crippen molar-refractivity contribution in [2.75, 3.05) is 0 Å². The lowest BCUT2D eigenvalue weighted by Gasteiger charge is -2.07. The summed E-state index contributed by atoms with van der Waals surface area (Å²) in [5.41, 5.74) is 5.68. The maximum absolute atomic E-state index is 10.6. The molecule has 0 spiro atoms. The molecule has 0 aliphatic rings. The minimum atomic E-state index is -0.803. The maximum atomic E-state index is 10.6. The maximum Gasteiger partial charge on any atom is 0.305 e. The minimum Gasteiger partial charge on any atom is -0.481 e. The SMILES string of the molecule is Cc1ccc(-c2cnn(CCC(=O)O)c2C)c(C)c1. The number of aromatic nitrogens is 2. The molecule has 0 radical (unpaired) electrons. The van der Waals surface area contributed by atoms with Crippen molar-refractivity contribution in [1.82, 2.24) is 9.78 Å². The molecule has 0 unspecified atom stereocenters. The third-order valence-electron chi connectivity index (χ3n) is 3.31. The van der Waals surface area contributed by atoms with Gasteiger partial charge in [-0.15, -0.1) is 0 Å². The predicted octanol–water partition coefficient (Wildman–Crippen LogP) is 2.95. The van der Waals surface area contributed by atoms with Gasteiger partial charge < -0.3 is 5.11 Å². The van der Waals surface area contributed by atoms with Gasteiger partial charge in [-0.25, -0.2) is 0 Å². The van der Waals surface area contributed by atoms with Crippen LogP contribution in [0.25, 0.3) is 11.1 Å². The zero-order chi connectivity index (χ0) is 14.0. The van der Waals surface area contributed by atoms with Crippen LogP contribution in [0.2, 0.25) is 0 Å². The Morgan fingerprint density at radius 3 is 2.63 bits per heavy atom. The number of hydrogen-bond donors (Lipinski definition) is 1. The van der Waals surface area contributed by atoms with Crippen molar-refractivity contribution in [2.24, 2.45) is 0 Å². The number of aliphatic carboxylic acids is 1. The summed E-state index contributed by atoms with van der Waals surface area (Å²) in [5, 5.41) is 13.0. The highest BCUT2D eigenvalue weighted by Gasteiger charge is 2.11. The molecule has 0 atom stereocenters. The quantitative estimate of drug-likeness (QED) is 0.917. The number of hydrogen-bond acceptors (Lipinski definition) is 2. The Kier molecular flexibility index (Phi) is 3.69. The van der Waals surface area contributed by atoms with Crippen molar-refractivity contribution in [3.8, 4) is 11.1 Å². The van der Waals surface area contributed by atoms with Gasteiger partial charge in [0.15, 0.2) is 0 Å². The van der Waals surface area contributed by atoms with Gasteiger partial charge in [0.1, 0.15) is 0 Å². The molecule has 0 aliphatic heterocycles. The summed E-state index contributed by atoms with van der Waals surface area (Å²) in [4.78, 5) is 10.6. The van der Waals surface area contributed by atoms with Crippen LogP contribution < -0.4 is 0 Å². The van der Waals surface area contributed by atoms with Crippen LogP contribution in [0.15, 0.2) is 24.4 Å². The van der Waals surface area contributed by atoms with Crippen LogP contribution in [0.4, 0.5) is 0 Å². The van der Waals surface area contributed by atoms with Crippen LogP contribution in [0.1, 0.15) is 23.2 Å². The molecule has 100 valence electrons. The lowest BCUT2D eigenvalue weighted by Crippen LogP contribution is -2.07. The first-order chi connectivity index (χ1) is 8.99. The molecule has 4 heteroatoms.